The second-order valence-electron chi connectivity index (χ2n) is 4.30. The number of nitrogens with zero attached hydrogens (tertiary/aromatic N) is 4. The van der Waals surface area contributed by atoms with Gasteiger partial charge in [-0.2, -0.15) is 0 Å². The fraction of sp³-hybridized carbons (Fsp3) is 0.462. The van der Waals surface area contributed by atoms with Crippen LogP contribution >= 0.6 is 0 Å². The summed E-state index contributed by atoms with van der Waals surface area (Å²) < 4.78 is 3.69. The van der Waals surface area contributed by atoms with Crippen LogP contribution < -0.4 is 10.9 Å². The summed E-state index contributed by atoms with van der Waals surface area (Å²) in [4.78, 5) is 19.9. The lowest BCUT2D eigenvalue weighted by Gasteiger charge is -2.07. The first-order valence-corrected chi connectivity index (χ1v) is 6.56. The number of anilines is 1. The Labute approximate surface area is 112 Å². The molecule has 2 rings (SSSR count). The minimum Gasteiger partial charge on any atom is -0.365 e. The molecule has 0 aliphatic carbocycles. The van der Waals surface area contributed by atoms with Gasteiger partial charge in [0.15, 0.2) is 5.82 Å². The van der Waals surface area contributed by atoms with Crippen LogP contribution in [0, 0.1) is 0 Å². The first kappa shape index (κ1) is 13.3. The maximum absolute atomic E-state index is 11.9. The molecule has 0 bridgehead atoms. The van der Waals surface area contributed by atoms with Crippen molar-refractivity contribution >= 4 is 5.82 Å². The van der Waals surface area contributed by atoms with Crippen LogP contribution in [-0.2, 0) is 13.1 Å². The number of nitrogens with one attached hydrogen (secondary N) is 1. The molecule has 0 saturated heterocycles. The fourth-order valence-electron chi connectivity index (χ4n) is 1.86. The molecule has 0 atom stereocenters. The van der Waals surface area contributed by atoms with Crippen LogP contribution in [0.2, 0.25) is 0 Å². The lowest BCUT2D eigenvalue weighted by molar-refractivity contribution is 0.620. The second-order valence-corrected chi connectivity index (χ2v) is 4.30. The van der Waals surface area contributed by atoms with Gasteiger partial charge in [0, 0.05) is 44.4 Å². The average Bonchev–Trinajstić information content (AvgIpc) is 2.93. The highest BCUT2D eigenvalue weighted by atomic mass is 16.1. The molecule has 0 aromatic carbocycles. The van der Waals surface area contributed by atoms with Crippen LogP contribution in [0.1, 0.15) is 19.8 Å². The zero-order valence-corrected chi connectivity index (χ0v) is 11.1. The third-order valence-corrected chi connectivity index (χ3v) is 2.95. The minimum absolute atomic E-state index is 0.0559. The van der Waals surface area contributed by atoms with Gasteiger partial charge in [-0.15, -0.1) is 0 Å². The Hall–Kier alpha value is -2.11. The standard InChI is InChI=1S/C13H19N5O/c1-2-18-10-7-16-12(13(18)19)15-5-3-4-8-17-9-6-14-11-17/h6-7,9-11H,2-5,8H2,1H3,(H,15,16). The molecule has 2 aromatic heterocycles. The maximum atomic E-state index is 11.9. The van der Waals surface area contributed by atoms with Gasteiger partial charge in [0.2, 0.25) is 0 Å². The summed E-state index contributed by atoms with van der Waals surface area (Å²) in [5, 5.41) is 3.10. The summed E-state index contributed by atoms with van der Waals surface area (Å²) >= 11 is 0. The number of aryl methyl sites for hydroxylation is 2. The van der Waals surface area contributed by atoms with Crippen molar-refractivity contribution in [3.63, 3.8) is 0 Å². The van der Waals surface area contributed by atoms with E-state index >= 15 is 0 Å². The average molecular weight is 261 g/mol. The molecule has 0 saturated carbocycles. The molecule has 0 spiro atoms. The predicted octanol–water partition coefficient (Wildman–Crippen LogP) is 1.35. The highest BCUT2D eigenvalue weighted by Gasteiger charge is 2.02. The molecule has 0 radical (unpaired) electrons. The van der Waals surface area contributed by atoms with Gasteiger partial charge >= 0.3 is 0 Å². The van der Waals surface area contributed by atoms with Crippen LogP contribution in [0.4, 0.5) is 5.82 Å². The molecule has 0 aliphatic heterocycles. The molecular weight excluding hydrogens is 242 g/mol. The highest BCUT2D eigenvalue weighted by molar-refractivity contribution is 5.30. The molecule has 6 heteroatoms. The first-order valence-electron chi connectivity index (χ1n) is 6.56. The van der Waals surface area contributed by atoms with E-state index in [4.69, 9.17) is 0 Å². The Kier molecular flexibility index (Phi) is 4.72. The Bertz CT molecular complexity index is 546. The molecule has 2 heterocycles. The molecule has 0 aliphatic rings. The van der Waals surface area contributed by atoms with E-state index < -0.39 is 0 Å². The normalized spacial score (nSPS) is 10.6. The van der Waals surface area contributed by atoms with Gasteiger partial charge in [0.1, 0.15) is 0 Å². The van der Waals surface area contributed by atoms with Crippen LogP contribution in [0.15, 0.2) is 35.9 Å². The summed E-state index contributed by atoms with van der Waals surface area (Å²) in [5.74, 6) is 0.437. The fourth-order valence-corrected chi connectivity index (χ4v) is 1.86. The van der Waals surface area contributed by atoms with E-state index in [2.05, 4.69) is 15.3 Å². The maximum Gasteiger partial charge on any atom is 0.293 e. The smallest absolute Gasteiger partial charge is 0.293 e. The molecule has 1 N–H and O–H groups in total. The zero-order valence-electron chi connectivity index (χ0n) is 11.1. The van der Waals surface area contributed by atoms with E-state index in [0.717, 1.165) is 25.9 Å². The molecule has 0 unspecified atom stereocenters. The third-order valence-electron chi connectivity index (χ3n) is 2.95. The van der Waals surface area contributed by atoms with E-state index in [-0.39, 0.29) is 5.56 Å². The zero-order chi connectivity index (χ0) is 13.5. The van der Waals surface area contributed by atoms with Crippen molar-refractivity contribution in [2.75, 3.05) is 11.9 Å². The van der Waals surface area contributed by atoms with Gasteiger partial charge in [-0.1, -0.05) is 0 Å². The van der Waals surface area contributed by atoms with Crippen molar-refractivity contribution in [2.45, 2.75) is 32.9 Å². The number of aromatic nitrogens is 4. The molecule has 0 fully saturated rings. The van der Waals surface area contributed by atoms with E-state index in [1.54, 1.807) is 23.2 Å². The number of rotatable bonds is 7. The molecule has 19 heavy (non-hydrogen) atoms. The number of hydrogen-bond acceptors (Lipinski definition) is 4. The summed E-state index contributed by atoms with van der Waals surface area (Å²) in [6.07, 6.45) is 10.9. The van der Waals surface area contributed by atoms with Crippen molar-refractivity contribution in [2.24, 2.45) is 0 Å². The summed E-state index contributed by atoms with van der Waals surface area (Å²) in [6.45, 7) is 4.31. The summed E-state index contributed by atoms with van der Waals surface area (Å²) in [6, 6.07) is 0. The van der Waals surface area contributed by atoms with Gasteiger partial charge < -0.3 is 14.5 Å². The van der Waals surface area contributed by atoms with Crippen molar-refractivity contribution in [3.05, 3.63) is 41.5 Å². The largest absolute Gasteiger partial charge is 0.365 e. The minimum atomic E-state index is -0.0559. The topological polar surface area (TPSA) is 64.7 Å². The number of hydrogen-bond donors (Lipinski definition) is 1. The lowest BCUT2D eigenvalue weighted by atomic mass is 10.3. The van der Waals surface area contributed by atoms with Crippen molar-refractivity contribution in [1.29, 1.82) is 0 Å². The van der Waals surface area contributed by atoms with Crippen LogP contribution in [-0.4, -0.2) is 25.6 Å². The molecule has 6 nitrogen and oxygen atoms in total. The van der Waals surface area contributed by atoms with Crippen LogP contribution in [0.25, 0.3) is 0 Å². The van der Waals surface area contributed by atoms with Crippen molar-refractivity contribution in [3.8, 4) is 0 Å². The van der Waals surface area contributed by atoms with Crippen LogP contribution in [0.3, 0.4) is 0 Å². The van der Waals surface area contributed by atoms with Crippen molar-refractivity contribution < 1.29 is 0 Å². The van der Waals surface area contributed by atoms with E-state index in [9.17, 15) is 4.79 Å². The van der Waals surface area contributed by atoms with E-state index in [1.807, 2.05) is 24.0 Å². The Morgan fingerprint density at radius 3 is 2.89 bits per heavy atom. The molecule has 0 amide bonds. The monoisotopic (exact) mass is 261 g/mol. The summed E-state index contributed by atoms with van der Waals surface area (Å²) in [5.41, 5.74) is -0.0559. The Balaban J connectivity index is 1.75. The van der Waals surface area contributed by atoms with Gasteiger partial charge in [-0.25, -0.2) is 9.97 Å². The van der Waals surface area contributed by atoms with E-state index in [1.165, 1.54) is 0 Å². The third kappa shape index (κ3) is 3.67. The first-order chi connectivity index (χ1) is 9.31. The predicted molar refractivity (Wildman–Crippen MR) is 74.1 cm³/mol. The highest BCUT2D eigenvalue weighted by Crippen LogP contribution is 1.98. The lowest BCUT2D eigenvalue weighted by Crippen LogP contribution is -2.24. The van der Waals surface area contributed by atoms with E-state index in [0.29, 0.717) is 12.4 Å². The second kappa shape index (κ2) is 6.72. The number of unbranched alkanes of at least 4 members (excludes halogenated alkanes) is 1. The Morgan fingerprint density at radius 2 is 2.16 bits per heavy atom. The summed E-state index contributed by atoms with van der Waals surface area (Å²) in [7, 11) is 0. The molecule has 2 aromatic rings. The van der Waals surface area contributed by atoms with Crippen LogP contribution in [0.5, 0.6) is 0 Å². The van der Waals surface area contributed by atoms with Gasteiger partial charge in [0.25, 0.3) is 5.56 Å². The number of imidazole rings is 1. The molecule has 102 valence electrons. The SMILES string of the molecule is CCn1ccnc(NCCCCn2ccnc2)c1=O. The Morgan fingerprint density at radius 1 is 1.26 bits per heavy atom. The quantitative estimate of drug-likeness (QED) is 0.764. The van der Waals surface area contributed by atoms with Gasteiger partial charge in [-0.3, -0.25) is 4.79 Å². The molecular formula is C13H19N5O. The van der Waals surface area contributed by atoms with Gasteiger partial charge in [-0.05, 0) is 19.8 Å². The van der Waals surface area contributed by atoms with Crippen molar-refractivity contribution in [1.82, 2.24) is 19.1 Å². The van der Waals surface area contributed by atoms with Gasteiger partial charge in [0.05, 0.1) is 6.33 Å².